The van der Waals surface area contributed by atoms with Crippen molar-refractivity contribution >= 4 is 17.2 Å². The third kappa shape index (κ3) is 3.40. The lowest BCUT2D eigenvalue weighted by atomic mass is 10.1. The number of anilines is 2. The van der Waals surface area contributed by atoms with Crippen LogP contribution < -0.4 is 10.2 Å². The Hall–Kier alpha value is -3.07. The molecule has 23 heavy (non-hydrogen) atoms. The summed E-state index contributed by atoms with van der Waals surface area (Å²) in [6, 6.07) is 17.8. The van der Waals surface area contributed by atoms with Gasteiger partial charge in [0.25, 0.3) is 0 Å². The maximum absolute atomic E-state index is 11.5. The van der Waals surface area contributed by atoms with Crippen molar-refractivity contribution < 1.29 is 4.79 Å². The Bertz CT molecular complexity index is 771. The number of nitrogens with zero attached hydrogens (tertiary/aromatic N) is 1. The summed E-state index contributed by atoms with van der Waals surface area (Å²) in [6.45, 7) is 1.58. The monoisotopic (exact) mass is 302 g/mol. The van der Waals surface area contributed by atoms with E-state index in [0.29, 0.717) is 5.56 Å². The smallest absolute Gasteiger partial charge is 0.159 e. The van der Waals surface area contributed by atoms with E-state index in [1.165, 1.54) is 0 Å². The maximum atomic E-state index is 11.5. The Kier molecular flexibility index (Phi) is 4.39. The van der Waals surface area contributed by atoms with Gasteiger partial charge in [0, 0.05) is 35.0 Å². The van der Waals surface area contributed by atoms with E-state index in [1.54, 1.807) is 6.92 Å². The normalized spacial score (nSPS) is 13.0. The fraction of sp³-hybridized carbons (Fsp3) is 0.0500. The van der Waals surface area contributed by atoms with E-state index in [9.17, 15) is 4.79 Å². The van der Waals surface area contributed by atoms with Crippen molar-refractivity contribution in [3.05, 3.63) is 96.5 Å². The number of carbonyl (C=O) groups is 1. The SMILES string of the molecule is CC(=O)c1ccc(N(C2=CC=CNC=C2)c2ccccc2)cc1. The second-order valence-corrected chi connectivity index (χ2v) is 5.22. The third-order valence-electron chi connectivity index (χ3n) is 3.61. The Morgan fingerprint density at radius 1 is 0.913 bits per heavy atom. The molecule has 0 atom stereocenters. The zero-order valence-corrected chi connectivity index (χ0v) is 12.9. The van der Waals surface area contributed by atoms with Gasteiger partial charge in [0.1, 0.15) is 0 Å². The van der Waals surface area contributed by atoms with E-state index in [4.69, 9.17) is 0 Å². The molecule has 0 spiro atoms. The van der Waals surface area contributed by atoms with Gasteiger partial charge >= 0.3 is 0 Å². The largest absolute Gasteiger partial charge is 0.368 e. The van der Waals surface area contributed by atoms with Gasteiger partial charge in [-0.2, -0.15) is 0 Å². The number of para-hydroxylation sites is 1. The fourth-order valence-electron chi connectivity index (χ4n) is 2.47. The van der Waals surface area contributed by atoms with E-state index >= 15 is 0 Å². The zero-order valence-electron chi connectivity index (χ0n) is 12.9. The molecule has 1 aliphatic rings. The molecule has 0 amide bonds. The van der Waals surface area contributed by atoms with Crippen molar-refractivity contribution in [3.63, 3.8) is 0 Å². The first kappa shape index (κ1) is 14.9. The summed E-state index contributed by atoms with van der Waals surface area (Å²) in [5.41, 5.74) is 3.82. The molecule has 3 nitrogen and oxygen atoms in total. The molecule has 2 aromatic rings. The molecule has 1 aliphatic heterocycles. The summed E-state index contributed by atoms with van der Waals surface area (Å²) < 4.78 is 0. The predicted molar refractivity (Wildman–Crippen MR) is 94.5 cm³/mol. The third-order valence-corrected chi connectivity index (χ3v) is 3.61. The number of carbonyl (C=O) groups excluding carboxylic acids is 1. The van der Waals surface area contributed by atoms with Crippen molar-refractivity contribution in [2.75, 3.05) is 4.90 Å². The Balaban J connectivity index is 2.06. The van der Waals surface area contributed by atoms with Gasteiger partial charge in [0.2, 0.25) is 0 Å². The van der Waals surface area contributed by atoms with Crippen LogP contribution in [0.15, 0.2) is 90.9 Å². The van der Waals surface area contributed by atoms with Crippen LogP contribution in [-0.4, -0.2) is 5.78 Å². The quantitative estimate of drug-likeness (QED) is 0.841. The topological polar surface area (TPSA) is 32.3 Å². The highest BCUT2D eigenvalue weighted by Crippen LogP contribution is 2.30. The van der Waals surface area contributed by atoms with Gasteiger partial charge in [0.05, 0.1) is 0 Å². The predicted octanol–water partition coefficient (Wildman–Crippen LogP) is 4.54. The molecule has 0 fully saturated rings. The van der Waals surface area contributed by atoms with Gasteiger partial charge in [-0.1, -0.05) is 18.2 Å². The van der Waals surface area contributed by atoms with Crippen molar-refractivity contribution in [3.8, 4) is 0 Å². The minimum Gasteiger partial charge on any atom is -0.368 e. The molecular formula is C20H18N2O. The van der Waals surface area contributed by atoms with Crippen LogP contribution in [0.25, 0.3) is 0 Å². The molecule has 0 unspecified atom stereocenters. The second kappa shape index (κ2) is 6.79. The van der Waals surface area contributed by atoms with Crippen LogP contribution in [0.5, 0.6) is 0 Å². The minimum absolute atomic E-state index is 0.0727. The maximum Gasteiger partial charge on any atom is 0.159 e. The first-order valence-electron chi connectivity index (χ1n) is 7.51. The minimum atomic E-state index is 0.0727. The average Bonchev–Trinajstić information content (AvgIpc) is 2.86. The summed E-state index contributed by atoms with van der Waals surface area (Å²) in [5.74, 6) is 0.0727. The lowest BCUT2D eigenvalue weighted by Crippen LogP contribution is -2.15. The molecule has 0 saturated heterocycles. The van der Waals surface area contributed by atoms with Crippen molar-refractivity contribution in [2.45, 2.75) is 6.92 Å². The summed E-state index contributed by atoms with van der Waals surface area (Å²) >= 11 is 0. The van der Waals surface area contributed by atoms with Gasteiger partial charge in [-0.05, 0) is 61.5 Å². The van der Waals surface area contributed by atoms with Gasteiger partial charge in [-0.25, -0.2) is 0 Å². The molecule has 1 heterocycles. The van der Waals surface area contributed by atoms with E-state index in [2.05, 4.69) is 22.3 Å². The average molecular weight is 302 g/mol. The van der Waals surface area contributed by atoms with E-state index < -0.39 is 0 Å². The number of ketones is 1. The van der Waals surface area contributed by atoms with Gasteiger partial charge < -0.3 is 10.2 Å². The lowest BCUT2D eigenvalue weighted by Gasteiger charge is -2.26. The molecular weight excluding hydrogens is 284 g/mol. The van der Waals surface area contributed by atoms with Gasteiger partial charge in [0.15, 0.2) is 5.78 Å². The van der Waals surface area contributed by atoms with Crippen molar-refractivity contribution in [2.24, 2.45) is 0 Å². The van der Waals surface area contributed by atoms with E-state index in [-0.39, 0.29) is 5.78 Å². The Labute approximate surface area is 136 Å². The van der Waals surface area contributed by atoms with Crippen molar-refractivity contribution in [1.29, 1.82) is 0 Å². The molecule has 1 N–H and O–H groups in total. The van der Waals surface area contributed by atoms with Crippen molar-refractivity contribution in [1.82, 2.24) is 5.32 Å². The summed E-state index contributed by atoms with van der Waals surface area (Å²) in [4.78, 5) is 13.6. The van der Waals surface area contributed by atoms with Gasteiger partial charge in [-0.3, -0.25) is 4.79 Å². The van der Waals surface area contributed by atoms with Crippen LogP contribution in [0.4, 0.5) is 11.4 Å². The van der Waals surface area contributed by atoms with Crippen LogP contribution in [0.2, 0.25) is 0 Å². The molecule has 0 aromatic heterocycles. The standard InChI is InChI=1S/C20H18N2O/c1-16(23)17-9-11-20(12-10-17)22(18-6-3-2-4-7-18)19-8-5-14-21-15-13-19/h2-15,21H,1H3. The van der Waals surface area contributed by atoms with Crippen LogP contribution in [-0.2, 0) is 0 Å². The van der Waals surface area contributed by atoms with Crippen LogP contribution in [0, 0.1) is 0 Å². The highest BCUT2D eigenvalue weighted by atomic mass is 16.1. The molecule has 3 heteroatoms. The molecule has 2 aromatic carbocycles. The number of nitrogens with one attached hydrogen (secondary N) is 1. The Morgan fingerprint density at radius 3 is 2.30 bits per heavy atom. The Morgan fingerprint density at radius 2 is 1.61 bits per heavy atom. The fourth-order valence-corrected chi connectivity index (χ4v) is 2.47. The highest BCUT2D eigenvalue weighted by Gasteiger charge is 2.13. The number of benzene rings is 2. The van der Waals surface area contributed by atoms with Gasteiger partial charge in [-0.15, -0.1) is 0 Å². The molecule has 0 radical (unpaired) electrons. The molecule has 3 rings (SSSR count). The molecule has 0 saturated carbocycles. The van der Waals surface area contributed by atoms with Crippen LogP contribution in [0.3, 0.4) is 0 Å². The highest BCUT2D eigenvalue weighted by molar-refractivity contribution is 5.94. The first-order valence-corrected chi connectivity index (χ1v) is 7.51. The van der Waals surface area contributed by atoms with E-state index in [0.717, 1.165) is 17.1 Å². The summed E-state index contributed by atoms with van der Waals surface area (Å²) in [6.07, 6.45) is 9.81. The second-order valence-electron chi connectivity index (χ2n) is 5.22. The first-order chi connectivity index (χ1) is 11.3. The summed E-state index contributed by atoms with van der Waals surface area (Å²) in [5, 5.41) is 3.07. The molecule has 114 valence electrons. The zero-order chi connectivity index (χ0) is 16.1. The summed E-state index contributed by atoms with van der Waals surface area (Å²) in [7, 11) is 0. The lowest BCUT2D eigenvalue weighted by molar-refractivity contribution is 0.101. The number of hydrogen-bond donors (Lipinski definition) is 1. The molecule has 0 bridgehead atoms. The number of allylic oxidation sites excluding steroid dienone is 3. The number of Topliss-reactive ketones (excluding diaryl/α,β-unsaturated/α-hetero) is 1. The van der Waals surface area contributed by atoms with Crippen LogP contribution in [0.1, 0.15) is 17.3 Å². The number of rotatable bonds is 4. The number of hydrogen-bond acceptors (Lipinski definition) is 3. The molecule has 0 aliphatic carbocycles. The van der Waals surface area contributed by atoms with E-state index in [1.807, 2.05) is 73.1 Å². The van der Waals surface area contributed by atoms with Crippen LogP contribution >= 0.6 is 0 Å².